The molecule has 114 valence electrons. The first-order valence-electron chi connectivity index (χ1n) is 7.28. The summed E-state index contributed by atoms with van der Waals surface area (Å²) in [6, 6.07) is 0.111. The number of hydrogen-bond acceptors (Lipinski definition) is 5. The topological polar surface area (TPSA) is 91.0 Å². The van der Waals surface area contributed by atoms with E-state index in [4.69, 9.17) is 0 Å². The molecule has 21 heavy (non-hydrogen) atoms. The van der Waals surface area contributed by atoms with Gasteiger partial charge in [0.2, 0.25) is 17.0 Å². The predicted octanol–water partition coefficient (Wildman–Crippen LogP) is 0.196. The first-order valence-corrected chi connectivity index (χ1v) is 8.26. The fourth-order valence-corrected chi connectivity index (χ4v) is 3.48. The molecule has 0 aliphatic carbocycles. The zero-order valence-corrected chi connectivity index (χ0v) is 12.8. The molecule has 4 rings (SSSR count). The molecule has 8 heteroatoms. The number of carbonyl (C=O) groups is 2. The highest BCUT2D eigenvalue weighted by Crippen LogP contribution is 2.23. The summed E-state index contributed by atoms with van der Waals surface area (Å²) in [4.78, 5) is 30.2. The van der Waals surface area contributed by atoms with Gasteiger partial charge in [-0.3, -0.25) is 14.7 Å². The number of nitrogens with zero attached hydrogens (tertiary/aromatic N) is 3. The predicted molar refractivity (Wildman–Crippen MR) is 77.7 cm³/mol. The maximum Gasteiger partial charge on any atom is 0.233 e. The number of carbonyl (C=O) groups excluding carboxylic acids is 2. The zero-order valence-electron chi connectivity index (χ0n) is 12.0. The summed E-state index contributed by atoms with van der Waals surface area (Å²) in [5.41, 5.74) is 0. The van der Waals surface area contributed by atoms with E-state index < -0.39 is 0 Å². The molecule has 3 saturated heterocycles. The standard InChI is InChI=1S/C13H19N5O2S/c1-2-10-15-13(17-16-10)21-7-11(19)18-5-8-3-4-9(6-18)14-12(8)20/h8-9H,2-7H2,1H3,(H,14,20)(H,15,16,17)/t8-,9+/m1/s1. The molecule has 7 nitrogen and oxygen atoms in total. The van der Waals surface area contributed by atoms with Crippen LogP contribution in [0.3, 0.4) is 0 Å². The van der Waals surface area contributed by atoms with Crippen molar-refractivity contribution >= 4 is 23.6 Å². The lowest BCUT2D eigenvalue weighted by Gasteiger charge is -2.22. The van der Waals surface area contributed by atoms with Crippen molar-refractivity contribution in [1.29, 1.82) is 0 Å². The number of aromatic nitrogens is 3. The molecule has 0 radical (unpaired) electrons. The molecule has 0 unspecified atom stereocenters. The molecule has 1 aromatic rings. The van der Waals surface area contributed by atoms with Crippen molar-refractivity contribution in [2.45, 2.75) is 37.4 Å². The number of piperidine rings is 1. The van der Waals surface area contributed by atoms with Gasteiger partial charge >= 0.3 is 0 Å². The second-order valence-electron chi connectivity index (χ2n) is 5.49. The lowest BCUT2D eigenvalue weighted by molar-refractivity contribution is -0.129. The van der Waals surface area contributed by atoms with E-state index in [2.05, 4.69) is 20.5 Å². The van der Waals surface area contributed by atoms with Crippen molar-refractivity contribution in [1.82, 2.24) is 25.4 Å². The largest absolute Gasteiger partial charge is 0.351 e. The number of thioether (sulfide) groups is 1. The monoisotopic (exact) mass is 309 g/mol. The van der Waals surface area contributed by atoms with Crippen LogP contribution in [0.4, 0.5) is 0 Å². The van der Waals surface area contributed by atoms with Gasteiger partial charge in [-0.05, 0) is 12.8 Å². The minimum Gasteiger partial charge on any atom is -0.351 e. The maximum atomic E-state index is 12.3. The average Bonchev–Trinajstić information content (AvgIpc) is 2.76. The third kappa shape index (κ3) is 3.20. The van der Waals surface area contributed by atoms with Crippen LogP contribution in [-0.4, -0.2) is 56.8 Å². The Balaban J connectivity index is 1.56. The molecule has 0 saturated carbocycles. The van der Waals surface area contributed by atoms with Gasteiger partial charge in [-0.2, -0.15) is 0 Å². The number of nitrogens with one attached hydrogen (secondary N) is 2. The fourth-order valence-electron chi connectivity index (χ4n) is 2.76. The van der Waals surface area contributed by atoms with Crippen molar-refractivity contribution < 1.29 is 9.59 Å². The van der Waals surface area contributed by atoms with E-state index in [1.54, 1.807) is 4.90 Å². The molecule has 4 heterocycles. The van der Waals surface area contributed by atoms with E-state index in [0.717, 1.165) is 25.1 Å². The van der Waals surface area contributed by atoms with Crippen molar-refractivity contribution in [3.63, 3.8) is 0 Å². The van der Waals surface area contributed by atoms with Gasteiger partial charge in [0.25, 0.3) is 0 Å². The van der Waals surface area contributed by atoms with Crippen molar-refractivity contribution in [2.75, 3.05) is 18.8 Å². The van der Waals surface area contributed by atoms with Gasteiger partial charge in [-0.1, -0.05) is 18.7 Å². The fraction of sp³-hybridized carbons (Fsp3) is 0.692. The Labute approximate surface area is 127 Å². The SMILES string of the molecule is CCc1nc(SCC(=O)N2C[C@@H]3CC[C@H](C2)C(=O)N3)n[nH]1. The number of H-pyrrole nitrogens is 1. The summed E-state index contributed by atoms with van der Waals surface area (Å²) in [6.07, 6.45) is 2.65. The van der Waals surface area contributed by atoms with Crippen LogP contribution < -0.4 is 5.32 Å². The highest BCUT2D eigenvalue weighted by atomic mass is 32.2. The summed E-state index contributed by atoms with van der Waals surface area (Å²) in [6.45, 7) is 3.16. The van der Waals surface area contributed by atoms with Crippen LogP contribution in [-0.2, 0) is 16.0 Å². The van der Waals surface area contributed by atoms with Crippen molar-refractivity contribution in [2.24, 2.45) is 5.92 Å². The number of aromatic amines is 1. The summed E-state index contributed by atoms with van der Waals surface area (Å²) in [5.74, 6) is 1.24. The van der Waals surface area contributed by atoms with Crippen LogP contribution in [0.2, 0.25) is 0 Å². The number of fused-ring (bicyclic) bond motifs is 4. The van der Waals surface area contributed by atoms with Gasteiger partial charge in [0.05, 0.1) is 11.7 Å². The van der Waals surface area contributed by atoms with Gasteiger partial charge in [0.15, 0.2) is 0 Å². The van der Waals surface area contributed by atoms with Crippen molar-refractivity contribution in [3.05, 3.63) is 5.82 Å². The Morgan fingerprint density at radius 1 is 1.43 bits per heavy atom. The van der Waals surface area contributed by atoms with Gasteiger partial charge in [-0.15, -0.1) is 5.10 Å². The highest BCUT2D eigenvalue weighted by molar-refractivity contribution is 7.99. The van der Waals surface area contributed by atoms with Crippen molar-refractivity contribution in [3.8, 4) is 0 Å². The molecule has 3 aliphatic heterocycles. The Hall–Kier alpha value is -1.57. The van der Waals surface area contributed by atoms with E-state index in [0.29, 0.717) is 24.0 Å². The van der Waals surface area contributed by atoms with Crippen LogP contribution in [0, 0.1) is 5.92 Å². The second-order valence-corrected chi connectivity index (χ2v) is 6.43. The smallest absolute Gasteiger partial charge is 0.233 e. The van der Waals surface area contributed by atoms with Gasteiger partial charge in [0.1, 0.15) is 5.82 Å². The first kappa shape index (κ1) is 14.4. The van der Waals surface area contributed by atoms with E-state index in [1.807, 2.05) is 6.92 Å². The second kappa shape index (κ2) is 6.05. The third-order valence-electron chi connectivity index (χ3n) is 3.99. The number of amides is 2. The maximum absolute atomic E-state index is 12.3. The molecular weight excluding hydrogens is 290 g/mol. The molecule has 2 atom stereocenters. The van der Waals surface area contributed by atoms with Crippen LogP contribution in [0.25, 0.3) is 0 Å². The Bertz CT molecular complexity index is 546. The van der Waals surface area contributed by atoms with E-state index in [-0.39, 0.29) is 23.8 Å². The van der Waals surface area contributed by atoms with E-state index in [9.17, 15) is 9.59 Å². The normalized spacial score (nSPS) is 24.8. The Morgan fingerprint density at radius 2 is 2.29 bits per heavy atom. The molecule has 3 aliphatic rings. The summed E-state index contributed by atoms with van der Waals surface area (Å²) in [5, 5.41) is 10.5. The molecule has 2 N–H and O–H groups in total. The molecule has 0 aromatic carbocycles. The molecule has 2 bridgehead atoms. The van der Waals surface area contributed by atoms with Crippen LogP contribution in [0.15, 0.2) is 5.16 Å². The third-order valence-corrected chi connectivity index (χ3v) is 4.82. The number of rotatable bonds is 4. The van der Waals surface area contributed by atoms with Crippen LogP contribution >= 0.6 is 11.8 Å². The van der Waals surface area contributed by atoms with Gasteiger partial charge in [0, 0.05) is 25.6 Å². The van der Waals surface area contributed by atoms with Gasteiger partial charge < -0.3 is 10.2 Å². The average molecular weight is 309 g/mol. The molecule has 3 fully saturated rings. The molecule has 0 spiro atoms. The zero-order chi connectivity index (χ0) is 14.8. The minimum absolute atomic E-state index is 0.0482. The van der Waals surface area contributed by atoms with Crippen LogP contribution in [0.5, 0.6) is 0 Å². The first-order chi connectivity index (χ1) is 10.2. The van der Waals surface area contributed by atoms with Crippen LogP contribution in [0.1, 0.15) is 25.6 Å². The summed E-state index contributed by atoms with van der Waals surface area (Å²) in [7, 11) is 0. The lowest BCUT2D eigenvalue weighted by Crippen LogP contribution is -2.44. The van der Waals surface area contributed by atoms with E-state index >= 15 is 0 Å². The number of hydrogen-bond donors (Lipinski definition) is 2. The Morgan fingerprint density at radius 3 is 3.00 bits per heavy atom. The highest BCUT2D eigenvalue weighted by Gasteiger charge is 2.36. The minimum atomic E-state index is -0.0482. The summed E-state index contributed by atoms with van der Waals surface area (Å²) < 4.78 is 0. The van der Waals surface area contributed by atoms with Gasteiger partial charge in [-0.25, -0.2) is 4.98 Å². The molecular formula is C13H19N5O2S. The number of aryl methyl sites for hydroxylation is 1. The summed E-state index contributed by atoms with van der Waals surface area (Å²) >= 11 is 1.34. The quantitative estimate of drug-likeness (QED) is 0.775. The molecule has 1 aromatic heterocycles. The van der Waals surface area contributed by atoms with E-state index in [1.165, 1.54) is 11.8 Å². The Kier molecular flexibility index (Phi) is 4.14. The molecule has 2 amide bonds. The lowest BCUT2D eigenvalue weighted by atomic mass is 9.96.